The van der Waals surface area contributed by atoms with Crippen LogP contribution in [0.1, 0.15) is 28.7 Å². The Kier molecular flexibility index (Phi) is 5.30. The number of nitrogens with zero attached hydrogens (tertiary/aromatic N) is 4. The number of carbonyl (C=O) groups is 1. The van der Waals surface area contributed by atoms with Gasteiger partial charge < -0.3 is 9.30 Å². The monoisotopic (exact) mass is 440 g/mol. The van der Waals surface area contributed by atoms with Crippen molar-refractivity contribution in [1.29, 1.82) is 0 Å². The van der Waals surface area contributed by atoms with Gasteiger partial charge in [0, 0.05) is 35.5 Å². The molecule has 0 saturated carbocycles. The first-order valence-electron chi connectivity index (χ1n) is 9.95. The number of rotatable bonds is 7. The predicted octanol–water partition coefficient (Wildman–Crippen LogP) is 3.09. The van der Waals surface area contributed by atoms with E-state index >= 15 is 0 Å². The van der Waals surface area contributed by atoms with E-state index < -0.39 is 9.84 Å². The quantitative estimate of drug-likeness (QED) is 0.410. The summed E-state index contributed by atoms with van der Waals surface area (Å²) in [5.41, 5.74) is 4.99. The predicted molar refractivity (Wildman–Crippen MR) is 120 cm³/mol. The molecule has 0 spiro atoms. The molecule has 0 aliphatic heterocycles. The number of aldehydes is 1. The molecular formula is C22H24N4O4S. The van der Waals surface area contributed by atoms with Crippen molar-refractivity contribution in [2.24, 2.45) is 0 Å². The summed E-state index contributed by atoms with van der Waals surface area (Å²) in [4.78, 5) is 20.8. The van der Waals surface area contributed by atoms with Gasteiger partial charge >= 0.3 is 0 Å². The second-order valence-corrected chi connectivity index (χ2v) is 9.83. The summed E-state index contributed by atoms with van der Waals surface area (Å²) in [5, 5.41) is 0.915. The van der Waals surface area contributed by atoms with E-state index in [1.165, 1.54) is 6.26 Å². The Morgan fingerprint density at radius 2 is 1.94 bits per heavy atom. The molecule has 0 saturated heterocycles. The molecule has 9 heteroatoms. The SMILES string of the molecule is CCc1ccc2cc(-c3nc4cc(C=O)cc(OC)n4c3C)n(CCS(C)(=O)=O)c2n1. The minimum absolute atomic E-state index is 0.00710. The molecule has 0 amide bonds. The Hall–Kier alpha value is -3.20. The van der Waals surface area contributed by atoms with Crippen molar-refractivity contribution in [2.75, 3.05) is 19.1 Å². The number of sulfone groups is 1. The maximum absolute atomic E-state index is 11.9. The number of aryl methyl sites for hydroxylation is 3. The fourth-order valence-corrected chi connectivity index (χ4v) is 4.31. The Morgan fingerprint density at radius 3 is 2.58 bits per heavy atom. The van der Waals surface area contributed by atoms with Crippen LogP contribution in [0.25, 0.3) is 28.1 Å². The summed E-state index contributed by atoms with van der Waals surface area (Å²) >= 11 is 0. The topological polar surface area (TPSA) is 95.6 Å². The molecule has 0 aromatic carbocycles. The van der Waals surface area contributed by atoms with Gasteiger partial charge in [-0.2, -0.15) is 0 Å². The lowest BCUT2D eigenvalue weighted by Gasteiger charge is -2.10. The van der Waals surface area contributed by atoms with Crippen LogP contribution >= 0.6 is 0 Å². The van der Waals surface area contributed by atoms with E-state index in [4.69, 9.17) is 14.7 Å². The number of fused-ring (bicyclic) bond motifs is 2. The zero-order chi connectivity index (χ0) is 22.3. The molecule has 4 rings (SSSR count). The van der Waals surface area contributed by atoms with Crippen molar-refractivity contribution < 1.29 is 17.9 Å². The minimum atomic E-state index is -3.17. The van der Waals surface area contributed by atoms with Crippen LogP contribution in [0, 0.1) is 6.92 Å². The Bertz CT molecular complexity index is 1420. The number of carbonyl (C=O) groups excluding carboxylic acids is 1. The highest BCUT2D eigenvalue weighted by atomic mass is 32.2. The molecule has 0 N–H and O–H groups in total. The van der Waals surface area contributed by atoms with Gasteiger partial charge in [0.25, 0.3) is 0 Å². The molecule has 0 radical (unpaired) electrons. The van der Waals surface area contributed by atoms with Crippen LogP contribution in [-0.2, 0) is 22.8 Å². The zero-order valence-corrected chi connectivity index (χ0v) is 18.7. The average molecular weight is 441 g/mol. The van der Waals surface area contributed by atoms with Gasteiger partial charge in [0.05, 0.1) is 24.3 Å². The molecule has 0 bridgehead atoms. The molecule has 4 aromatic rings. The van der Waals surface area contributed by atoms with E-state index in [0.29, 0.717) is 22.8 Å². The number of ether oxygens (including phenoxy) is 1. The van der Waals surface area contributed by atoms with Gasteiger partial charge in [-0.15, -0.1) is 0 Å². The molecule has 0 atom stereocenters. The zero-order valence-electron chi connectivity index (χ0n) is 17.9. The van der Waals surface area contributed by atoms with E-state index in [1.54, 1.807) is 19.2 Å². The van der Waals surface area contributed by atoms with Gasteiger partial charge in [-0.25, -0.2) is 18.4 Å². The molecule has 0 aliphatic carbocycles. The first-order valence-corrected chi connectivity index (χ1v) is 12.0. The smallest absolute Gasteiger partial charge is 0.199 e. The van der Waals surface area contributed by atoms with Gasteiger partial charge in [0.1, 0.15) is 33.1 Å². The van der Waals surface area contributed by atoms with Crippen LogP contribution in [-0.4, -0.2) is 52.8 Å². The van der Waals surface area contributed by atoms with Crippen LogP contribution < -0.4 is 4.74 Å². The molecule has 8 nitrogen and oxygen atoms in total. The molecule has 0 aliphatic rings. The van der Waals surface area contributed by atoms with Crippen LogP contribution in [0.4, 0.5) is 0 Å². The first kappa shape index (κ1) is 21.0. The summed E-state index contributed by atoms with van der Waals surface area (Å²) in [7, 11) is -1.63. The summed E-state index contributed by atoms with van der Waals surface area (Å²) in [6.07, 6.45) is 2.76. The molecule has 4 heterocycles. The third kappa shape index (κ3) is 3.81. The highest BCUT2D eigenvalue weighted by Crippen LogP contribution is 2.32. The Morgan fingerprint density at radius 1 is 1.16 bits per heavy atom. The first-order chi connectivity index (χ1) is 14.8. The van der Waals surface area contributed by atoms with Gasteiger partial charge in [-0.1, -0.05) is 6.92 Å². The lowest BCUT2D eigenvalue weighted by Crippen LogP contribution is -2.13. The van der Waals surface area contributed by atoms with Crippen LogP contribution in [0.5, 0.6) is 5.88 Å². The molecule has 4 aromatic heterocycles. The highest BCUT2D eigenvalue weighted by Gasteiger charge is 2.21. The van der Waals surface area contributed by atoms with Crippen LogP contribution in [0.15, 0.2) is 30.3 Å². The van der Waals surface area contributed by atoms with Crippen molar-refractivity contribution in [3.05, 3.63) is 47.3 Å². The summed E-state index contributed by atoms with van der Waals surface area (Å²) in [5.74, 6) is 0.494. The summed E-state index contributed by atoms with van der Waals surface area (Å²) < 4.78 is 33.0. The van der Waals surface area contributed by atoms with E-state index in [9.17, 15) is 13.2 Å². The Balaban J connectivity index is 1.99. The van der Waals surface area contributed by atoms with E-state index in [0.717, 1.165) is 40.8 Å². The van der Waals surface area contributed by atoms with Crippen molar-refractivity contribution in [2.45, 2.75) is 26.8 Å². The second kappa shape index (κ2) is 7.81. The molecule has 162 valence electrons. The van der Waals surface area contributed by atoms with Gasteiger partial charge in [0.15, 0.2) is 5.88 Å². The minimum Gasteiger partial charge on any atom is -0.482 e. The highest BCUT2D eigenvalue weighted by molar-refractivity contribution is 7.90. The molecule has 31 heavy (non-hydrogen) atoms. The summed E-state index contributed by atoms with van der Waals surface area (Å²) in [6, 6.07) is 9.31. The average Bonchev–Trinajstić information content (AvgIpc) is 3.27. The van der Waals surface area contributed by atoms with Gasteiger partial charge in [0.2, 0.25) is 0 Å². The van der Waals surface area contributed by atoms with Crippen LogP contribution in [0.2, 0.25) is 0 Å². The Labute approximate surface area is 180 Å². The molecule has 0 unspecified atom stereocenters. The number of hydrogen-bond acceptors (Lipinski definition) is 6. The van der Waals surface area contributed by atoms with Gasteiger partial charge in [-0.3, -0.25) is 9.20 Å². The number of methoxy groups -OCH3 is 1. The lowest BCUT2D eigenvalue weighted by atomic mass is 10.2. The molecular weight excluding hydrogens is 416 g/mol. The lowest BCUT2D eigenvalue weighted by molar-refractivity contribution is 0.112. The standard InChI is InChI=1S/C22H24N4O4S/c1-5-17-7-6-16-12-18(25(22(16)23-17)8-9-31(4,28)29)21-14(2)26-19(24-21)10-15(13-27)11-20(26)30-3/h6-7,10-13H,5,8-9H2,1-4H3. The van der Waals surface area contributed by atoms with Crippen LogP contribution in [0.3, 0.4) is 0 Å². The molecule has 0 fully saturated rings. The number of aromatic nitrogens is 4. The van der Waals surface area contributed by atoms with Crippen molar-refractivity contribution in [3.8, 4) is 17.3 Å². The maximum atomic E-state index is 11.9. The maximum Gasteiger partial charge on any atom is 0.199 e. The van der Waals surface area contributed by atoms with E-state index in [-0.39, 0.29) is 12.3 Å². The second-order valence-electron chi connectivity index (χ2n) is 7.57. The van der Waals surface area contributed by atoms with Crippen molar-refractivity contribution in [3.63, 3.8) is 0 Å². The number of hydrogen-bond donors (Lipinski definition) is 0. The fourth-order valence-electron chi connectivity index (χ4n) is 3.80. The third-order valence-electron chi connectivity index (χ3n) is 5.38. The van der Waals surface area contributed by atoms with E-state index in [2.05, 4.69) is 0 Å². The number of pyridine rings is 2. The third-order valence-corrected chi connectivity index (χ3v) is 6.30. The normalized spacial score (nSPS) is 12.0. The van der Waals surface area contributed by atoms with E-state index in [1.807, 2.05) is 41.0 Å². The fraction of sp³-hybridized carbons (Fsp3) is 0.318. The largest absolute Gasteiger partial charge is 0.482 e. The van der Waals surface area contributed by atoms with Crippen molar-refractivity contribution in [1.82, 2.24) is 18.9 Å². The number of imidazole rings is 1. The van der Waals surface area contributed by atoms with Gasteiger partial charge in [-0.05, 0) is 37.6 Å². The van der Waals surface area contributed by atoms with Crippen molar-refractivity contribution >= 4 is 32.8 Å². The summed E-state index contributed by atoms with van der Waals surface area (Å²) in [6.45, 7) is 4.21.